The van der Waals surface area contributed by atoms with Gasteiger partial charge in [0.1, 0.15) is 12.4 Å². The molecule has 2 saturated heterocycles. The highest BCUT2D eigenvalue weighted by Gasteiger charge is 2.54. The van der Waals surface area contributed by atoms with E-state index in [9.17, 15) is 23.2 Å². The molecule has 13 heteroatoms. The Morgan fingerprint density at radius 2 is 2.05 bits per heavy atom. The summed E-state index contributed by atoms with van der Waals surface area (Å²) in [7, 11) is 2.05. The second-order valence-corrected chi connectivity index (χ2v) is 12.6. The Morgan fingerprint density at radius 3 is 2.70 bits per heavy atom. The Hall–Kier alpha value is -3.56. The number of alkyl halides is 3. The third kappa shape index (κ3) is 5.68. The van der Waals surface area contributed by atoms with E-state index in [-0.39, 0.29) is 47.7 Å². The van der Waals surface area contributed by atoms with E-state index >= 15 is 0 Å². The zero-order valence-electron chi connectivity index (χ0n) is 24.6. The molecule has 1 saturated carbocycles. The maximum absolute atomic E-state index is 14.3. The van der Waals surface area contributed by atoms with E-state index in [1.807, 2.05) is 4.90 Å². The standard InChI is InChI=1S/C31H35ClF3N7O2/c1-3-26(43)41-15-14-40(17-20(41)9-12-36)28-22-16-30(10-11-30)42(25-8-4-7-23(32)27(25)31(33,34)35)18-24(22)37-29(38-28)44-19-21-6-5-13-39(21)2/h3-4,7-8,20-21H,1,5-6,9-11,13-19H2,2H3/t20-,21-/m0/s1. The van der Waals surface area contributed by atoms with Gasteiger partial charge in [0.2, 0.25) is 5.91 Å². The van der Waals surface area contributed by atoms with Crippen LogP contribution in [0.25, 0.3) is 0 Å². The van der Waals surface area contributed by atoms with E-state index in [2.05, 4.69) is 29.5 Å². The minimum Gasteiger partial charge on any atom is -0.462 e. The average molecular weight is 630 g/mol. The number of hydrogen-bond donors (Lipinski definition) is 0. The molecule has 0 bridgehead atoms. The number of likely N-dealkylation sites (tertiary alicyclic amines) is 1. The fourth-order valence-corrected chi connectivity index (χ4v) is 7.20. The molecule has 0 N–H and O–H groups in total. The van der Waals surface area contributed by atoms with Gasteiger partial charge in [0.05, 0.1) is 47.0 Å². The molecule has 1 spiro atoms. The second kappa shape index (κ2) is 11.7. The molecular formula is C31H35ClF3N7O2. The zero-order chi connectivity index (χ0) is 31.2. The van der Waals surface area contributed by atoms with Gasteiger partial charge in [-0.1, -0.05) is 24.2 Å². The smallest absolute Gasteiger partial charge is 0.419 e. The molecule has 6 rings (SSSR count). The molecule has 1 amide bonds. The SMILES string of the molecule is C=CC(=O)N1CCN(c2nc(OC[C@@H]3CCCN3C)nc3c2CC2(CC2)N(c2cccc(Cl)c2C(F)(F)F)C3)C[C@@H]1CC#N. The van der Waals surface area contributed by atoms with Gasteiger partial charge in [-0.3, -0.25) is 4.79 Å². The summed E-state index contributed by atoms with van der Waals surface area (Å²) in [6.45, 7) is 6.36. The molecule has 9 nitrogen and oxygen atoms in total. The van der Waals surface area contributed by atoms with Crippen molar-refractivity contribution in [3.8, 4) is 12.1 Å². The summed E-state index contributed by atoms with van der Waals surface area (Å²) in [5.74, 6) is 0.431. The van der Waals surface area contributed by atoms with Gasteiger partial charge < -0.3 is 24.3 Å². The van der Waals surface area contributed by atoms with Crippen LogP contribution in [0.3, 0.4) is 0 Å². The van der Waals surface area contributed by atoms with Crippen LogP contribution in [0.2, 0.25) is 5.02 Å². The lowest BCUT2D eigenvalue weighted by Gasteiger charge is -2.44. The number of piperazine rings is 1. The number of nitriles is 1. The Morgan fingerprint density at radius 1 is 1.25 bits per heavy atom. The number of anilines is 2. The number of amides is 1. The number of carbonyl (C=O) groups excluding carboxylic acids is 1. The molecule has 3 aliphatic heterocycles. The molecule has 44 heavy (non-hydrogen) atoms. The number of aromatic nitrogens is 2. The predicted molar refractivity (Wildman–Crippen MR) is 160 cm³/mol. The number of hydrogen-bond acceptors (Lipinski definition) is 8. The predicted octanol–water partition coefficient (Wildman–Crippen LogP) is 4.83. The van der Waals surface area contributed by atoms with Gasteiger partial charge in [0.15, 0.2) is 0 Å². The summed E-state index contributed by atoms with van der Waals surface area (Å²) in [5.41, 5.74) is 0.177. The van der Waals surface area contributed by atoms with Crippen LogP contribution in [0.4, 0.5) is 24.7 Å². The number of nitrogens with zero attached hydrogens (tertiary/aromatic N) is 7. The number of carbonyl (C=O) groups is 1. The van der Waals surface area contributed by atoms with Crippen LogP contribution in [-0.2, 0) is 23.9 Å². The van der Waals surface area contributed by atoms with Gasteiger partial charge in [-0.05, 0) is 57.5 Å². The van der Waals surface area contributed by atoms with Gasteiger partial charge >= 0.3 is 12.2 Å². The molecule has 4 heterocycles. The van der Waals surface area contributed by atoms with Crippen LogP contribution in [0.15, 0.2) is 30.9 Å². The van der Waals surface area contributed by atoms with Gasteiger partial charge in [0, 0.05) is 43.2 Å². The van der Waals surface area contributed by atoms with Crippen LogP contribution in [0.1, 0.15) is 48.9 Å². The number of halogens is 4. The average Bonchev–Trinajstić information content (AvgIpc) is 3.63. The molecule has 3 fully saturated rings. The first kappa shape index (κ1) is 30.5. The summed E-state index contributed by atoms with van der Waals surface area (Å²) < 4.78 is 49.0. The fraction of sp³-hybridized carbons (Fsp3) is 0.548. The van der Waals surface area contributed by atoms with Crippen LogP contribution >= 0.6 is 11.6 Å². The molecule has 4 aliphatic rings. The van der Waals surface area contributed by atoms with Crippen molar-refractivity contribution in [2.24, 2.45) is 0 Å². The first-order valence-corrected chi connectivity index (χ1v) is 15.3. The van der Waals surface area contributed by atoms with E-state index in [4.69, 9.17) is 26.3 Å². The van der Waals surface area contributed by atoms with Crippen molar-refractivity contribution in [3.63, 3.8) is 0 Å². The quantitative estimate of drug-likeness (QED) is 0.403. The lowest BCUT2D eigenvalue weighted by molar-refractivity contribution is -0.137. The van der Waals surface area contributed by atoms with Gasteiger partial charge in [-0.25, -0.2) is 0 Å². The zero-order valence-corrected chi connectivity index (χ0v) is 25.4. The molecule has 2 aromatic rings. The topological polar surface area (TPSA) is 88.8 Å². The molecule has 1 aromatic heterocycles. The first-order valence-electron chi connectivity index (χ1n) is 15.0. The third-order valence-electron chi connectivity index (χ3n) is 9.47. The van der Waals surface area contributed by atoms with E-state index in [1.54, 1.807) is 11.0 Å². The maximum atomic E-state index is 14.3. The number of fused-ring (bicyclic) bond motifs is 1. The molecule has 1 aliphatic carbocycles. The summed E-state index contributed by atoms with van der Waals surface area (Å²) in [4.78, 5) is 30.0. The highest BCUT2D eigenvalue weighted by atomic mass is 35.5. The molecule has 0 radical (unpaired) electrons. The molecule has 0 unspecified atom stereocenters. The minimum atomic E-state index is -4.62. The molecule has 234 valence electrons. The summed E-state index contributed by atoms with van der Waals surface area (Å²) >= 11 is 6.14. The van der Waals surface area contributed by atoms with Crippen LogP contribution in [-0.4, -0.2) is 83.1 Å². The highest BCUT2D eigenvalue weighted by Crippen LogP contribution is 2.54. The van der Waals surface area contributed by atoms with Crippen molar-refractivity contribution >= 4 is 29.0 Å². The van der Waals surface area contributed by atoms with Crippen molar-refractivity contribution in [3.05, 3.63) is 52.7 Å². The Bertz CT molecular complexity index is 1490. The highest BCUT2D eigenvalue weighted by molar-refractivity contribution is 6.31. The van der Waals surface area contributed by atoms with Crippen molar-refractivity contribution < 1.29 is 22.7 Å². The van der Waals surface area contributed by atoms with E-state index in [0.29, 0.717) is 44.2 Å². The van der Waals surface area contributed by atoms with Crippen LogP contribution in [0.5, 0.6) is 6.01 Å². The third-order valence-corrected chi connectivity index (χ3v) is 9.79. The summed E-state index contributed by atoms with van der Waals surface area (Å²) in [6, 6.07) is 6.53. The number of ether oxygens (including phenoxy) is 1. The number of rotatable bonds is 7. The van der Waals surface area contributed by atoms with E-state index < -0.39 is 17.3 Å². The van der Waals surface area contributed by atoms with Crippen molar-refractivity contribution in [1.29, 1.82) is 5.26 Å². The van der Waals surface area contributed by atoms with Crippen molar-refractivity contribution in [2.45, 2.75) is 68.9 Å². The van der Waals surface area contributed by atoms with E-state index in [0.717, 1.165) is 37.8 Å². The Kier molecular flexibility index (Phi) is 8.13. The van der Waals surface area contributed by atoms with Crippen molar-refractivity contribution in [1.82, 2.24) is 19.8 Å². The molecule has 2 atom stereocenters. The fourth-order valence-electron chi connectivity index (χ4n) is 6.92. The lowest BCUT2D eigenvalue weighted by Crippen LogP contribution is -2.55. The number of likely N-dealkylation sites (N-methyl/N-ethyl adjacent to an activating group) is 1. The molecule has 1 aromatic carbocycles. The van der Waals surface area contributed by atoms with Gasteiger partial charge in [-0.15, -0.1) is 0 Å². The van der Waals surface area contributed by atoms with Gasteiger partial charge in [-0.2, -0.15) is 28.4 Å². The summed E-state index contributed by atoms with van der Waals surface area (Å²) in [6.07, 6.45) is 0.758. The second-order valence-electron chi connectivity index (χ2n) is 12.2. The van der Waals surface area contributed by atoms with E-state index in [1.165, 1.54) is 18.2 Å². The number of benzene rings is 1. The minimum absolute atomic E-state index is 0.0500. The van der Waals surface area contributed by atoms with Crippen LogP contribution in [0, 0.1) is 11.3 Å². The Balaban J connectivity index is 1.39. The lowest BCUT2D eigenvalue weighted by atomic mass is 9.93. The maximum Gasteiger partial charge on any atom is 0.419 e. The first-order chi connectivity index (χ1) is 21.0. The normalized spacial score (nSPS) is 23.0. The largest absolute Gasteiger partial charge is 0.462 e. The Labute approximate surface area is 259 Å². The monoisotopic (exact) mass is 629 g/mol. The van der Waals surface area contributed by atoms with Gasteiger partial charge in [0.25, 0.3) is 0 Å². The van der Waals surface area contributed by atoms with Crippen molar-refractivity contribution in [2.75, 3.05) is 49.6 Å². The summed E-state index contributed by atoms with van der Waals surface area (Å²) in [5, 5.41) is 9.18. The molecular weight excluding hydrogens is 595 g/mol. The van der Waals surface area contributed by atoms with Crippen LogP contribution < -0.4 is 14.5 Å².